The first-order valence-corrected chi connectivity index (χ1v) is 20.2. The molecule has 0 fully saturated rings. The molecular formula is C40H43N5O7S2. The van der Waals surface area contributed by atoms with E-state index in [0.717, 1.165) is 54.7 Å². The van der Waals surface area contributed by atoms with Gasteiger partial charge < -0.3 is 24.9 Å². The fraction of sp³-hybridized carbons (Fsp3) is 0.200. The standard InChI is InChI=1S/C27H30N2O7S2.C13H13N3/c1-5-28(6-2)18-9-12-21-24(15-18)36-25-16-19(29(7-3)8-4)10-13-22(25)27(21)23-14-11-20(37(30,31)32)17-26(23)38(33,34)35;14-13(15-11-7-3-1-4-8-11)16-12-9-5-2-6-10-12/h9-17H,5-8H2,1-4H3,(H-,30,31,32,33,34,35);1-10H,(H3,14,15,16). The van der Waals surface area contributed by atoms with Gasteiger partial charge in [0.1, 0.15) is 39.4 Å². The zero-order chi connectivity index (χ0) is 39.0. The van der Waals surface area contributed by atoms with Gasteiger partial charge >= 0.3 is 0 Å². The van der Waals surface area contributed by atoms with Crippen LogP contribution in [0.25, 0.3) is 33.4 Å². The summed E-state index contributed by atoms with van der Waals surface area (Å²) in [6.45, 7) is 11.2. The molecule has 0 unspecified atom stereocenters. The van der Waals surface area contributed by atoms with Gasteiger partial charge in [0, 0.05) is 58.7 Å². The largest absolute Gasteiger partial charge is 0.744 e. The van der Waals surface area contributed by atoms with Crippen molar-refractivity contribution < 1.29 is 30.4 Å². The third-order valence-corrected chi connectivity index (χ3v) is 10.5. The minimum absolute atomic E-state index is 0.0527. The zero-order valence-corrected chi connectivity index (χ0v) is 32.1. The highest BCUT2D eigenvalue weighted by Crippen LogP contribution is 2.43. The third-order valence-electron chi connectivity index (χ3n) is 8.79. The predicted octanol–water partition coefficient (Wildman–Crippen LogP) is 6.76. The lowest BCUT2D eigenvalue weighted by Crippen LogP contribution is -2.29. The molecule has 4 aromatic carbocycles. The summed E-state index contributed by atoms with van der Waals surface area (Å²) in [5.74, 6) is 0.868. The molecule has 0 amide bonds. The summed E-state index contributed by atoms with van der Waals surface area (Å²) in [6.07, 6.45) is 0. The van der Waals surface area contributed by atoms with Crippen molar-refractivity contribution in [2.45, 2.75) is 37.5 Å². The van der Waals surface area contributed by atoms with Crippen LogP contribution in [0.2, 0.25) is 0 Å². The van der Waals surface area contributed by atoms with Gasteiger partial charge in [-0.15, -0.1) is 0 Å². The molecule has 2 aliphatic rings. The summed E-state index contributed by atoms with van der Waals surface area (Å²) in [5.41, 5.74) is 9.99. The van der Waals surface area contributed by atoms with Crippen molar-refractivity contribution in [3.63, 3.8) is 0 Å². The van der Waals surface area contributed by atoms with Crippen LogP contribution in [0.3, 0.4) is 0 Å². The van der Waals surface area contributed by atoms with E-state index in [0.29, 0.717) is 39.9 Å². The Morgan fingerprint density at radius 3 is 2.04 bits per heavy atom. The fourth-order valence-electron chi connectivity index (χ4n) is 6.15. The SMILES string of the molecule is CCN(CC)c1ccc2c(-c3ccc(S(=O)(=O)[O-])cc3S(=O)(=O)O)c3ccc(=[N+](CC)CC)cc-3oc2c1.NC(=Nc1ccccc1)Nc1ccccc1. The molecule has 0 bridgehead atoms. The van der Waals surface area contributed by atoms with E-state index in [1.54, 1.807) is 0 Å². The van der Waals surface area contributed by atoms with Crippen LogP contribution in [0.4, 0.5) is 17.1 Å². The molecule has 1 aliphatic carbocycles. The van der Waals surface area contributed by atoms with E-state index in [1.165, 1.54) is 6.07 Å². The second-order valence-corrected chi connectivity index (χ2v) is 14.9. The van der Waals surface area contributed by atoms with Crippen LogP contribution in [0.15, 0.2) is 134 Å². The Morgan fingerprint density at radius 1 is 0.815 bits per heavy atom. The van der Waals surface area contributed by atoms with Crippen molar-refractivity contribution in [1.29, 1.82) is 0 Å². The fourth-order valence-corrected chi connectivity index (χ4v) is 7.44. The highest BCUT2D eigenvalue weighted by atomic mass is 32.2. The van der Waals surface area contributed by atoms with E-state index in [2.05, 4.69) is 19.8 Å². The van der Waals surface area contributed by atoms with Gasteiger partial charge in [0.2, 0.25) is 5.36 Å². The monoisotopic (exact) mass is 769 g/mol. The number of aliphatic imine (C=N–C) groups is 1. The number of fused-ring (bicyclic) bond motifs is 2. The molecule has 54 heavy (non-hydrogen) atoms. The molecule has 0 aromatic heterocycles. The van der Waals surface area contributed by atoms with Crippen molar-refractivity contribution in [1.82, 2.24) is 4.58 Å². The minimum atomic E-state index is -4.97. The lowest BCUT2D eigenvalue weighted by atomic mass is 9.93. The molecule has 0 spiro atoms. The van der Waals surface area contributed by atoms with Crippen LogP contribution in [0, 0.1) is 0 Å². The Morgan fingerprint density at radius 2 is 1.44 bits per heavy atom. The Bertz CT molecular complexity index is 2530. The van der Waals surface area contributed by atoms with Crippen LogP contribution < -0.4 is 25.9 Å². The van der Waals surface area contributed by atoms with E-state index in [4.69, 9.17) is 10.2 Å². The first-order valence-electron chi connectivity index (χ1n) is 17.4. The molecular weight excluding hydrogens is 727 g/mol. The van der Waals surface area contributed by atoms with Crippen LogP contribution in [-0.4, -0.2) is 58.1 Å². The number of hydrogen-bond donors (Lipinski definition) is 3. The lowest BCUT2D eigenvalue weighted by molar-refractivity contribution is 0.462. The number of guanidine groups is 1. The lowest BCUT2D eigenvalue weighted by Gasteiger charge is -2.23. The number of rotatable bonds is 10. The zero-order valence-electron chi connectivity index (χ0n) is 30.4. The predicted molar refractivity (Wildman–Crippen MR) is 214 cm³/mol. The summed E-state index contributed by atoms with van der Waals surface area (Å²) in [7, 11) is -9.88. The van der Waals surface area contributed by atoms with Gasteiger partial charge in [-0.3, -0.25) is 4.55 Å². The molecule has 0 radical (unpaired) electrons. The van der Waals surface area contributed by atoms with E-state index in [9.17, 15) is 25.9 Å². The average molecular weight is 770 g/mol. The van der Waals surface area contributed by atoms with Gasteiger partial charge in [0.25, 0.3) is 10.1 Å². The highest BCUT2D eigenvalue weighted by Gasteiger charge is 2.26. The maximum absolute atomic E-state index is 12.4. The number of para-hydroxylation sites is 2. The third kappa shape index (κ3) is 9.33. The normalized spacial score (nSPS) is 11.9. The molecule has 0 saturated heterocycles. The number of hydrogen-bond acceptors (Lipinski definition) is 8. The minimum Gasteiger partial charge on any atom is -0.744 e. The molecule has 4 aromatic rings. The van der Waals surface area contributed by atoms with Crippen LogP contribution >= 0.6 is 0 Å². The second-order valence-electron chi connectivity index (χ2n) is 12.1. The molecule has 6 rings (SSSR count). The van der Waals surface area contributed by atoms with Gasteiger partial charge in [-0.25, -0.2) is 18.0 Å². The summed E-state index contributed by atoms with van der Waals surface area (Å²) >= 11 is 0. The molecule has 1 heterocycles. The van der Waals surface area contributed by atoms with Crippen molar-refractivity contribution >= 4 is 54.2 Å². The molecule has 0 saturated carbocycles. The molecule has 282 valence electrons. The van der Waals surface area contributed by atoms with Gasteiger partial charge in [0.15, 0.2) is 5.96 Å². The topological polar surface area (TPSA) is 181 Å². The molecule has 12 nitrogen and oxygen atoms in total. The Hall–Kier alpha value is -5.54. The van der Waals surface area contributed by atoms with Crippen molar-refractivity contribution in [2.75, 3.05) is 36.4 Å². The van der Waals surface area contributed by atoms with Crippen LogP contribution in [0.5, 0.6) is 0 Å². The van der Waals surface area contributed by atoms with Gasteiger partial charge in [0.05, 0.1) is 16.6 Å². The summed E-state index contributed by atoms with van der Waals surface area (Å²) < 4.78 is 78.4. The average Bonchev–Trinajstić information content (AvgIpc) is 3.15. The smallest absolute Gasteiger partial charge is 0.295 e. The van der Waals surface area contributed by atoms with Crippen LogP contribution in [-0.2, 0) is 20.2 Å². The number of anilines is 2. The number of benzene rings is 5. The first kappa shape index (κ1) is 39.7. The quantitative estimate of drug-likeness (QED) is 0.0443. The van der Waals surface area contributed by atoms with Crippen molar-refractivity contribution in [2.24, 2.45) is 10.7 Å². The van der Waals surface area contributed by atoms with Gasteiger partial charge in [-0.05, 0) is 82.3 Å². The molecule has 0 atom stereocenters. The summed E-state index contributed by atoms with van der Waals surface area (Å²) in [6, 6.07) is 33.5. The maximum atomic E-state index is 12.4. The molecule has 1 aliphatic heterocycles. The highest BCUT2D eigenvalue weighted by molar-refractivity contribution is 7.86. The molecule has 14 heteroatoms. The Kier molecular flexibility index (Phi) is 12.5. The Balaban J connectivity index is 0.000000291. The number of nitrogens with zero attached hydrogens (tertiary/aromatic N) is 3. The van der Waals surface area contributed by atoms with Crippen molar-refractivity contribution in [3.8, 4) is 22.5 Å². The summed E-state index contributed by atoms with van der Waals surface area (Å²) in [4.78, 5) is 4.95. The first-order chi connectivity index (χ1) is 25.8. The summed E-state index contributed by atoms with van der Waals surface area (Å²) in [5, 5.41) is 4.50. The van der Waals surface area contributed by atoms with Crippen molar-refractivity contribution in [3.05, 3.63) is 121 Å². The van der Waals surface area contributed by atoms with Gasteiger partial charge in [-0.2, -0.15) is 8.42 Å². The van der Waals surface area contributed by atoms with Crippen LogP contribution in [0.1, 0.15) is 27.7 Å². The number of nitrogens with one attached hydrogen (secondary N) is 1. The molecule has 4 N–H and O–H groups in total. The van der Waals surface area contributed by atoms with Gasteiger partial charge in [-0.1, -0.05) is 42.5 Å². The number of nitrogens with two attached hydrogens (primary N) is 1. The van der Waals surface area contributed by atoms with E-state index in [1.807, 2.05) is 125 Å². The van der Waals surface area contributed by atoms with E-state index >= 15 is 0 Å². The van der Waals surface area contributed by atoms with E-state index in [-0.39, 0.29) is 5.56 Å². The Labute approximate surface area is 315 Å². The maximum Gasteiger partial charge on any atom is 0.295 e. The second kappa shape index (κ2) is 17.1. The van der Waals surface area contributed by atoms with E-state index < -0.39 is 30.0 Å².